The first-order valence-electron chi connectivity index (χ1n) is 7.06. The van der Waals surface area contributed by atoms with E-state index in [1.54, 1.807) is 13.0 Å². The summed E-state index contributed by atoms with van der Waals surface area (Å²) in [5.41, 5.74) is 2.26. The van der Waals surface area contributed by atoms with Crippen molar-refractivity contribution in [2.45, 2.75) is 31.9 Å². The van der Waals surface area contributed by atoms with Crippen LogP contribution in [0.5, 0.6) is 0 Å². The van der Waals surface area contributed by atoms with Crippen molar-refractivity contribution in [1.29, 1.82) is 0 Å². The molecule has 21 heavy (non-hydrogen) atoms. The third-order valence-electron chi connectivity index (χ3n) is 3.64. The third-order valence-corrected chi connectivity index (χ3v) is 3.88. The molecule has 1 fully saturated rings. The molecule has 2 aromatic rings. The van der Waals surface area contributed by atoms with Crippen molar-refractivity contribution >= 4 is 28.6 Å². The summed E-state index contributed by atoms with van der Waals surface area (Å²) in [4.78, 5) is 16.4. The van der Waals surface area contributed by atoms with Crippen LogP contribution < -0.4 is 0 Å². The number of fused-ring (bicyclic) bond motifs is 1. The topological polar surface area (TPSA) is 53.3 Å². The zero-order chi connectivity index (χ0) is 14.8. The number of benzene rings is 1. The molecule has 1 aliphatic heterocycles. The predicted octanol–water partition coefficient (Wildman–Crippen LogP) is 2.74. The number of carbonyl (C=O) groups excluding carboxylic acids is 1. The Morgan fingerprint density at radius 2 is 2.38 bits per heavy atom. The Morgan fingerprint density at radius 1 is 1.57 bits per heavy atom. The molecule has 112 valence electrons. The largest absolute Gasteiger partial charge is 0.462 e. The van der Waals surface area contributed by atoms with Crippen LogP contribution in [0, 0.1) is 0 Å². The van der Waals surface area contributed by atoms with E-state index in [4.69, 9.17) is 21.1 Å². The van der Waals surface area contributed by atoms with Crippen molar-refractivity contribution < 1.29 is 14.3 Å². The summed E-state index contributed by atoms with van der Waals surface area (Å²) in [5, 5.41) is 0. The van der Waals surface area contributed by atoms with Crippen molar-refractivity contribution in [2.75, 3.05) is 13.2 Å². The molecule has 6 heteroatoms. The lowest BCUT2D eigenvalue weighted by Crippen LogP contribution is -2.31. The quantitative estimate of drug-likeness (QED) is 0.629. The smallest absolute Gasteiger partial charge is 0.338 e. The second-order valence-electron chi connectivity index (χ2n) is 4.98. The molecule has 1 atom stereocenters. The van der Waals surface area contributed by atoms with E-state index in [0.717, 1.165) is 29.9 Å². The number of aromatic nitrogens is 2. The summed E-state index contributed by atoms with van der Waals surface area (Å²) in [7, 11) is 0. The van der Waals surface area contributed by atoms with Gasteiger partial charge in [-0.3, -0.25) is 0 Å². The van der Waals surface area contributed by atoms with Crippen LogP contribution in [-0.4, -0.2) is 34.8 Å². The first kappa shape index (κ1) is 14.4. The Kier molecular flexibility index (Phi) is 4.12. The van der Waals surface area contributed by atoms with Crippen molar-refractivity contribution in [3.05, 3.63) is 29.6 Å². The Bertz CT molecular complexity index is 664. The van der Waals surface area contributed by atoms with Crippen LogP contribution in [0.4, 0.5) is 0 Å². The monoisotopic (exact) mass is 308 g/mol. The summed E-state index contributed by atoms with van der Waals surface area (Å²) in [6.07, 6.45) is 1.24. The highest BCUT2D eigenvalue weighted by Gasteiger charge is 2.22. The van der Waals surface area contributed by atoms with Gasteiger partial charge in [0.15, 0.2) is 0 Å². The van der Waals surface area contributed by atoms with Gasteiger partial charge in [0.2, 0.25) is 0 Å². The molecule has 0 N–H and O–H groups in total. The van der Waals surface area contributed by atoms with E-state index in [9.17, 15) is 4.79 Å². The third kappa shape index (κ3) is 2.76. The van der Waals surface area contributed by atoms with E-state index in [2.05, 4.69) is 4.98 Å². The summed E-state index contributed by atoms with van der Waals surface area (Å²) >= 11 is 5.98. The maximum atomic E-state index is 11.9. The molecule has 3 rings (SSSR count). The summed E-state index contributed by atoms with van der Waals surface area (Å²) in [5.74, 6) is 0.804. The molecule has 0 aliphatic carbocycles. The highest BCUT2D eigenvalue weighted by Crippen LogP contribution is 2.23. The average Bonchev–Trinajstić information content (AvgIpc) is 2.80. The summed E-state index contributed by atoms with van der Waals surface area (Å²) in [6, 6.07) is 5.38. The molecule has 1 aromatic carbocycles. The minimum absolute atomic E-state index is 0.204. The van der Waals surface area contributed by atoms with Gasteiger partial charge in [0.05, 0.1) is 41.7 Å². The number of nitrogens with zero attached hydrogens (tertiary/aromatic N) is 2. The van der Waals surface area contributed by atoms with Crippen molar-refractivity contribution in [3.63, 3.8) is 0 Å². The fourth-order valence-electron chi connectivity index (χ4n) is 2.45. The van der Waals surface area contributed by atoms with Gasteiger partial charge in [0.1, 0.15) is 5.82 Å². The van der Waals surface area contributed by atoms with Gasteiger partial charge in [-0.1, -0.05) is 0 Å². The number of hydrogen-bond donors (Lipinski definition) is 0. The first-order chi connectivity index (χ1) is 10.2. The lowest BCUT2D eigenvalue weighted by atomic mass is 10.1. The molecular formula is C15H17ClN2O3. The van der Waals surface area contributed by atoms with Gasteiger partial charge in [0, 0.05) is 6.61 Å². The number of ether oxygens (including phenoxy) is 2. The second kappa shape index (κ2) is 6.03. The van der Waals surface area contributed by atoms with Crippen molar-refractivity contribution in [3.8, 4) is 0 Å². The van der Waals surface area contributed by atoms with Crippen LogP contribution in [0.1, 0.15) is 29.5 Å². The van der Waals surface area contributed by atoms with Gasteiger partial charge in [-0.2, -0.15) is 0 Å². The Labute approximate surface area is 127 Å². The zero-order valence-corrected chi connectivity index (χ0v) is 12.6. The van der Waals surface area contributed by atoms with Gasteiger partial charge in [-0.05, 0) is 31.5 Å². The Balaban J connectivity index is 2.00. The molecule has 0 bridgehead atoms. The second-order valence-corrected chi connectivity index (χ2v) is 5.24. The number of halogens is 1. The molecule has 0 unspecified atom stereocenters. The van der Waals surface area contributed by atoms with Crippen LogP contribution in [0.2, 0.25) is 0 Å². The van der Waals surface area contributed by atoms with Gasteiger partial charge in [-0.15, -0.1) is 11.6 Å². The molecule has 0 amide bonds. The van der Waals surface area contributed by atoms with E-state index >= 15 is 0 Å². The standard InChI is InChI=1S/C15H17ClN2O3/c1-2-20-15(19)10-3-4-12-13(7-10)18(14(8-16)17-12)9-11-5-6-21-11/h3-4,7,11H,2,5-6,8-9H2,1H3/t11-/m0/s1. The normalized spacial score (nSPS) is 17.7. The van der Waals surface area contributed by atoms with Crippen molar-refractivity contribution in [1.82, 2.24) is 9.55 Å². The predicted molar refractivity (Wildman–Crippen MR) is 79.6 cm³/mol. The van der Waals surface area contributed by atoms with Gasteiger partial charge in [-0.25, -0.2) is 9.78 Å². The van der Waals surface area contributed by atoms with Gasteiger partial charge in [0.25, 0.3) is 0 Å². The number of carbonyl (C=O) groups is 1. The van der Waals surface area contributed by atoms with Gasteiger partial charge >= 0.3 is 5.97 Å². The first-order valence-corrected chi connectivity index (χ1v) is 7.60. The molecule has 1 aliphatic rings. The maximum absolute atomic E-state index is 11.9. The van der Waals surface area contributed by atoms with Crippen molar-refractivity contribution in [2.24, 2.45) is 0 Å². The average molecular weight is 309 g/mol. The lowest BCUT2D eigenvalue weighted by molar-refractivity contribution is -0.0589. The lowest BCUT2D eigenvalue weighted by Gasteiger charge is -2.27. The van der Waals surface area contributed by atoms with Crippen LogP contribution in [0.25, 0.3) is 11.0 Å². The van der Waals surface area contributed by atoms with Gasteiger partial charge < -0.3 is 14.0 Å². The summed E-state index contributed by atoms with van der Waals surface area (Å²) in [6.45, 7) is 3.67. The SMILES string of the molecule is CCOC(=O)c1ccc2nc(CCl)n(C[C@@H]3CCO3)c2c1. The maximum Gasteiger partial charge on any atom is 0.338 e. The minimum atomic E-state index is -0.320. The summed E-state index contributed by atoms with van der Waals surface area (Å²) < 4.78 is 12.6. The highest BCUT2D eigenvalue weighted by atomic mass is 35.5. The minimum Gasteiger partial charge on any atom is -0.462 e. The van der Waals surface area contributed by atoms with E-state index in [0.29, 0.717) is 24.6 Å². The molecule has 2 heterocycles. The Hall–Kier alpha value is -1.59. The van der Waals surface area contributed by atoms with Crippen LogP contribution in [-0.2, 0) is 21.9 Å². The van der Waals surface area contributed by atoms with E-state index in [1.165, 1.54) is 0 Å². The van der Waals surface area contributed by atoms with E-state index in [-0.39, 0.29) is 12.1 Å². The van der Waals surface area contributed by atoms with E-state index in [1.807, 2.05) is 16.7 Å². The van der Waals surface area contributed by atoms with Crippen LogP contribution in [0.3, 0.4) is 0 Å². The molecule has 0 spiro atoms. The fourth-order valence-corrected chi connectivity index (χ4v) is 2.66. The van der Waals surface area contributed by atoms with Crippen LogP contribution >= 0.6 is 11.6 Å². The molecule has 1 aromatic heterocycles. The number of rotatable bonds is 5. The molecule has 1 saturated heterocycles. The highest BCUT2D eigenvalue weighted by molar-refractivity contribution is 6.16. The molecular weight excluding hydrogens is 292 g/mol. The molecule has 0 radical (unpaired) electrons. The number of esters is 1. The molecule has 0 saturated carbocycles. The number of alkyl halides is 1. The number of imidazole rings is 1. The number of hydrogen-bond acceptors (Lipinski definition) is 4. The van der Waals surface area contributed by atoms with E-state index < -0.39 is 0 Å². The Morgan fingerprint density at radius 3 is 3.00 bits per heavy atom. The fraction of sp³-hybridized carbons (Fsp3) is 0.467. The molecule has 5 nitrogen and oxygen atoms in total. The van der Waals surface area contributed by atoms with Crippen LogP contribution in [0.15, 0.2) is 18.2 Å². The zero-order valence-electron chi connectivity index (χ0n) is 11.8.